The Morgan fingerprint density at radius 3 is 1.52 bits per heavy atom. The Labute approximate surface area is 430 Å². The predicted molar refractivity (Wildman–Crippen MR) is 291 cm³/mol. The molecule has 404 valence electrons. The summed E-state index contributed by atoms with van der Waals surface area (Å²) in [6, 6.07) is -1.07. The Balaban J connectivity index is 2.81. The number of aliphatic hydroxyl groups excluding tert-OH is 5. The maximum Gasteiger partial charge on any atom is 0.306 e. The number of nitrogens with one attached hydrogen (secondary N) is 1. The Morgan fingerprint density at radius 1 is 0.563 bits per heavy atom. The number of esters is 1. The van der Waals surface area contributed by atoms with E-state index in [1.807, 2.05) is 24.3 Å². The van der Waals surface area contributed by atoms with Crippen molar-refractivity contribution in [1.29, 1.82) is 0 Å². The van der Waals surface area contributed by atoms with Crippen molar-refractivity contribution in [1.82, 2.24) is 5.32 Å². The molecule has 0 aromatic carbocycles. The third-order valence-electron chi connectivity index (χ3n) is 12.2. The number of rotatable bonds is 44. The number of hydrogen-bond acceptors (Lipinski definition) is 10. The Kier molecular flexibility index (Phi) is 43.6. The second-order valence-electron chi connectivity index (χ2n) is 18.6. The Hall–Kier alpha value is -3.68. The number of aliphatic hydroxyl groups is 5. The Morgan fingerprint density at radius 2 is 1.01 bits per heavy atom. The van der Waals surface area contributed by atoms with Gasteiger partial charge < -0.3 is 45.1 Å². The number of ether oxygens (including phenoxy) is 3. The maximum absolute atomic E-state index is 13.3. The van der Waals surface area contributed by atoms with E-state index < -0.39 is 67.4 Å². The van der Waals surface area contributed by atoms with Crippen LogP contribution in [0, 0.1) is 0 Å². The van der Waals surface area contributed by atoms with Crippen molar-refractivity contribution in [3.8, 4) is 0 Å². The first-order valence-electron chi connectivity index (χ1n) is 27.7. The zero-order valence-electron chi connectivity index (χ0n) is 44.3. The molecule has 0 radical (unpaired) electrons. The van der Waals surface area contributed by atoms with Gasteiger partial charge in [-0.2, -0.15) is 0 Å². The van der Waals surface area contributed by atoms with Crippen LogP contribution in [0.25, 0.3) is 0 Å². The monoisotopic (exact) mass is 994 g/mol. The van der Waals surface area contributed by atoms with Gasteiger partial charge in [0, 0.05) is 12.8 Å². The number of amides is 1. The molecule has 0 spiro atoms. The molecule has 1 fully saturated rings. The van der Waals surface area contributed by atoms with Crippen LogP contribution in [0.1, 0.15) is 194 Å². The van der Waals surface area contributed by atoms with E-state index in [2.05, 4.69) is 99.0 Å². The highest BCUT2D eigenvalue weighted by molar-refractivity contribution is 5.81. The van der Waals surface area contributed by atoms with Gasteiger partial charge >= 0.3 is 5.97 Å². The van der Waals surface area contributed by atoms with Crippen molar-refractivity contribution in [2.75, 3.05) is 13.2 Å². The SMILES string of the molecule is CC/C=C\C/C=C\C/C=C\C/C=C\C/C=C\C/C=C\CCC(=O)OC1C(OCC(NC(=O)C(O)C/C=C/C/C=C\CCCCCCCC)C(O)/C=C/CCCCCCCCCCC)OC(CO)C(O)C1O. The van der Waals surface area contributed by atoms with Gasteiger partial charge in [0.05, 0.1) is 25.4 Å². The number of carbonyl (C=O) groups is 2. The van der Waals surface area contributed by atoms with Crippen molar-refractivity contribution in [2.45, 2.75) is 243 Å². The molecule has 8 atom stereocenters. The van der Waals surface area contributed by atoms with Gasteiger partial charge in [0.1, 0.15) is 24.4 Å². The van der Waals surface area contributed by atoms with E-state index in [0.717, 1.165) is 64.2 Å². The van der Waals surface area contributed by atoms with Gasteiger partial charge in [-0.25, -0.2) is 0 Å². The molecule has 0 bridgehead atoms. The summed E-state index contributed by atoms with van der Waals surface area (Å²) in [5, 5.41) is 56.5. The first-order chi connectivity index (χ1) is 34.7. The molecule has 0 aromatic rings. The van der Waals surface area contributed by atoms with Crippen LogP contribution >= 0.6 is 0 Å². The summed E-state index contributed by atoms with van der Waals surface area (Å²) in [7, 11) is 0. The molecular weight excluding hydrogens is 895 g/mol. The zero-order chi connectivity index (χ0) is 51.8. The van der Waals surface area contributed by atoms with Crippen LogP contribution in [-0.2, 0) is 23.8 Å². The molecule has 1 rings (SSSR count). The molecule has 8 unspecified atom stereocenters. The summed E-state index contributed by atoms with van der Waals surface area (Å²) >= 11 is 0. The van der Waals surface area contributed by atoms with Gasteiger partial charge in [-0.3, -0.25) is 9.59 Å². The first kappa shape index (κ1) is 65.3. The van der Waals surface area contributed by atoms with Crippen LogP contribution in [0.5, 0.6) is 0 Å². The lowest BCUT2D eigenvalue weighted by Gasteiger charge is -2.41. The van der Waals surface area contributed by atoms with E-state index in [0.29, 0.717) is 19.3 Å². The van der Waals surface area contributed by atoms with E-state index in [4.69, 9.17) is 14.2 Å². The topological polar surface area (TPSA) is 175 Å². The van der Waals surface area contributed by atoms with E-state index in [1.54, 1.807) is 12.2 Å². The predicted octanol–water partition coefficient (Wildman–Crippen LogP) is 12.2. The number of unbranched alkanes of at least 4 members (excludes halogenated alkanes) is 15. The minimum absolute atomic E-state index is 0.0133. The molecule has 0 aromatic heterocycles. The number of hydrogen-bond donors (Lipinski definition) is 6. The van der Waals surface area contributed by atoms with Crippen LogP contribution in [0.2, 0.25) is 0 Å². The van der Waals surface area contributed by atoms with Crippen LogP contribution in [0.3, 0.4) is 0 Å². The molecule has 1 saturated heterocycles. The highest BCUT2D eigenvalue weighted by Gasteiger charge is 2.47. The van der Waals surface area contributed by atoms with E-state index in [9.17, 15) is 35.1 Å². The quantitative estimate of drug-likeness (QED) is 0.0196. The van der Waals surface area contributed by atoms with Gasteiger partial charge in [-0.15, -0.1) is 0 Å². The summed E-state index contributed by atoms with van der Waals surface area (Å²) in [5.74, 6) is -1.37. The fourth-order valence-corrected chi connectivity index (χ4v) is 7.78. The van der Waals surface area contributed by atoms with Crippen LogP contribution < -0.4 is 5.32 Å². The number of allylic oxidation sites excluding steroid dienone is 16. The summed E-state index contributed by atoms with van der Waals surface area (Å²) in [4.78, 5) is 26.3. The zero-order valence-corrected chi connectivity index (χ0v) is 44.3. The van der Waals surface area contributed by atoms with Crippen molar-refractivity contribution >= 4 is 11.9 Å². The average Bonchev–Trinajstić information content (AvgIpc) is 3.37. The molecule has 1 heterocycles. The van der Waals surface area contributed by atoms with Crippen LogP contribution in [-0.4, -0.2) is 99.6 Å². The Bertz CT molecular complexity index is 1560. The summed E-state index contributed by atoms with van der Waals surface area (Å²) < 4.78 is 17.4. The van der Waals surface area contributed by atoms with E-state index in [-0.39, 0.29) is 19.4 Å². The molecule has 11 heteroatoms. The van der Waals surface area contributed by atoms with Crippen LogP contribution in [0.4, 0.5) is 0 Å². The second-order valence-corrected chi connectivity index (χ2v) is 18.6. The molecule has 0 aliphatic carbocycles. The summed E-state index contributed by atoms with van der Waals surface area (Å²) in [6.45, 7) is 5.54. The molecule has 0 saturated carbocycles. The lowest BCUT2D eigenvalue weighted by atomic mass is 9.99. The third kappa shape index (κ3) is 36.0. The van der Waals surface area contributed by atoms with Crippen molar-refractivity contribution in [3.63, 3.8) is 0 Å². The largest absolute Gasteiger partial charge is 0.454 e. The fourth-order valence-electron chi connectivity index (χ4n) is 7.78. The van der Waals surface area contributed by atoms with Gasteiger partial charge in [0.25, 0.3) is 0 Å². The lowest BCUT2D eigenvalue weighted by Crippen LogP contribution is -2.61. The second kappa shape index (κ2) is 47.3. The van der Waals surface area contributed by atoms with Crippen molar-refractivity contribution < 1.29 is 49.3 Å². The molecular formula is C60H99NO10. The minimum Gasteiger partial charge on any atom is -0.454 e. The highest BCUT2D eigenvalue weighted by atomic mass is 16.7. The molecule has 71 heavy (non-hydrogen) atoms. The average molecular weight is 994 g/mol. The standard InChI is InChI=1S/C60H99NO10/c1-4-7-10-13-16-19-22-24-25-26-27-28-29-30-33-36-39-42-45-48-55(65)71-58-57(67)56(66)54(49-62)70-60(58)69-50-51(52(63)46-43-40-37-34-31-21-18-15-12-9-6-3)61-59(68)53(64)47-44-41-38-35-32-23-20-17-14-11-8-5-2/h7,10,16,19,24-25,27-28,30,32-33,35,39,41-44,46,51-54,56-58,60,62-64,66-67H,4-6,8-9,11-15,17-18,20-23,26,29,31,34,36-38,40,45,47-50H2,1-3H3,(H,61,68)/b10-7-,19-16-,25-24-,28-27-,33-30-,35-32-,42-39-,44-41+,46-43+. The smallest absolute Gasteiger partial charge is 0.306 e. The van der Waals surface area contributed by atoms with Crippen LogP contribution in [0.15, 0.2) is 109 Å². The lowest BCUT2D eigenvalue weighted by molar-refractivity contribution is -0.305. The van der Waals surface area contributed by atoms with Gasteiger partial charge in [-0.1, -0.05) is 214 Å². The highest BCUT2D eigenvalue weighted by Crippen LogP contribution is 2.26. The molecule has 11 nitrogen and oxygen atoms in total. The van der Waals surface area contributed by atoms with Gasteiger partial charge in [0.2, 0.25) is 5.91 Å². The van der Waals surface area contributed by atoms with E-state index in [1.165, 1.54) is 77.0 Å². The van der Waals surface area contributed by atoms with Crippen molar-refractivity contribution in [3.05, 3.63) is 109 Å². The third-order valence-corrected chi connectivity index (χ3v) is 12.2. The summed E-state index contributed by atoms with van der Waals surface area (Å²) in [5.41, 5.74) is 0. The number of carbonyl (C=O) groups excluding carboxylic acids is 2. The van der Waals surface area contributed by atoms with E-state index >= 15 is 0 Å². The molecule has 6 N–H and O–H groups in total. The van der Waals surface area contributed by atoms with Crippen molar-refractivity contribution in [2.24, 2.45) is 0 Å². The summed E-state index contributed by atoms with van der Waals surface area (Å²) in [6.07, 6.45) is 53.1. The van der Waals surface area contributed by atoms with Gasteiger partial charge in [0.15, 0.2) is 12.4 Å². The molecule has 1 aliphatic heterocycles. The van der Waals surface area contributed by atoms with Gasteiger partial charge in [-0.05, 0) is 77.0 Å². The molecule has 1 aliphatic rings. The minimum atomic E-state index is -1.66. The first-order valence-corrected chi connectivity index (χ1v) is 27.7. The molecule has 1 amide bonds. The normalized spacial score (nSPS) is 20.5. The fraction of sp³-hybridized carbons (Fsp3) is 0.667. The maximum atomic E-state index is 13.3.